The number of sulfone groups is 1. The molecule has 0 aliphatic heterocycles. The van der Waals surface area contributed by atoms with Crippen LogP contribution in [0.2, 0.25) is 0 Å². The molecule has 0 fully saturated rings. The molecule has 0 heterocycles. The molecule has 1 aromatic carbocycles. The van der Waals surface area contributed by atoms with Crippen LogP contribution in [0.1, 0.15) is 12.0 Å². The van der Waals surface area contributed by atoms with Gasteiger partial charge < -0.3 is 10.8 Å². The number of carbonyl (C=O) groups is 1. The van der Waals surface area contributed by atoms with Gasteiger partial charge in [0.25, 0.3) is 0 Å². The first-order chi connectivity index (χ1) is 7.75. The molecule has 0 saturated carbocycles. The van der Waals surface area contributed by atoms with Gasteiger partial charge in [-0.1, -0.05) is 0 Å². The van der Waals surface area contributed by atoms with Gasteiger partial charge in [-0.15, -0.1) is 0 Å². The van der Waals surface area contributed by atoms with E-state index < -0.39 is 33.4 Å². The van der Waals surface area contributed by atoms with E-state index in [0.29, 0.717) is 0 Å². The van der Waals surface area contributed by atoms with Gasteiger partial charge in [0.1, 0.15) is 11.2 Å². The largest absolute Gasteiger partial charge is 0.481 e. The number of benzene rings is 1. The monoisotopic (exact) mass is 261 g/mol. The minimum atomic E-state index is -3.95. The van der Waals surface area contributed by atoms with Gasteiger partial charge in [-0.2, -0.15) is 0 Å². The van der Waals surface area contributed by atoms with Crippen LogP contribution in [0.3, 0.4) is 0 Å². The van der Waals surface area contributed by atoms with Gasteiger partial charge in [0.2, 0.25) is 0 Å². The van der Waals surface area contributed by atoms with Gasteiger partial charge in [0, 0.05) is 0 Å². The molecule has 1 rings (SSSR count). The van der Waals surface area contributed by atoms with Crippen molar-refractivity contribution in [1.82, 2.24) is 0 Å². The minimum absolute atomic E-state index is 0.146. The Labute approximate surface area is 98.0 Å². The van der Waals surface area contributed by atoms with E-state index in [4.69, 9.17) is 10.8 Å². The number of rotatable bonds is 4. The van der Waals surface area contributed by atoms with Crippen molar-refractivity contribution in [3.63, 3.8) is 0 Å². The van der Waals surface area contributed by atoms with Crippen molar-refractivity contribution in [2.24, 2.45) is 5.73 Å². The van der Waals surface area contributed by atoms with Crippen LogP contribution in [-0.4, -0.2) is 24.9 Å². The van der Waals surface area contributed by atoms with E-state index in [1.165, 1.54) is 6.92 Å². The third kappa shape index (κ3) is 3.01. The lowest BCUT2D eigenvalue weighted by Crippen LogP contribution is -2.33. The summed E-state index contributed by atoms with van der Waals surface area (Å²) in [6.45, 7) is 1.42. The van der Waals surface area contributed by atoms with Crippen LogP contribution in [0, 0.1) is 12.7 Å². The average molecular weight is 261 g/mol. The summed E-state index contributed by atoms with van der Waals surface area (Å²) >= 11 is 0. The molecule has 0 spiro atoms. The van der Waals surface area contributed by atoms with E-state index in [2.05, 4.69) is 0 Å². The number of nitrogens with two attached hydrogens (primary N) is 1. The Morgan fingerprint density at radius 1 is 1.53 bits per heavy atom. The topological polar surface area (TPSA) is 97.5 Å². The molecule has 7 heteroatoms. The van der Waals surface area contributed by atoms with E-state index in [-0.39, 0.29) is 10.5 Å². The predicted octanol–water partition coefficient (Wildman–Crippen LogP) is 0.667. The smallest absolute Gasteiger partial charge is 0.306 e. The molecule has 94 valence electrons. The zero-order valence-electron chi connectivity index (χ0n) is 9.05. The molecule has 0 bridgehead atoms. The van der Waals surface area contributed by atoms with Crippen molar-refractivity contribution in [2.75, 3.05) is 0 Å². The highest BCUT2D eigenvalue weighted by Gasteiger charge is 2.27. The van der Waals surface area contributed by atoms with Crippen molar-refractivity contribution < 1.29 is 22.7 Å². The molecule has 3 N–H and O–H groups in total. The number of carboxylic acid groups (broad SMARTS) is 1. The molecule has 0 aromatic heterocycles. The van der Waals surface area contributed by atoms with Crippen LogP contribution in [0.25, 0.3) is 0 Å². The lowest BCUT2D eigenvalue weighted by molar-refractivity contribution is -0.137. The first kappa shape index (κ1) is 13.6. The van der Waals surface area contributed by atoms with Crippen LogP contribution < -0.4 is 5.73 Å². The third-order valence-corrected chi connectivity index (χ3v) is 4.25. The van der Waals surface area contributed by atoms with Crippen LogP contribution in [0.15, 0.2) is 23.1 Å². The summed E-state index contributed by atoms with van der Waals surface area (Å²) in [5.41, 5.74) is 5.53. The summed E-state index contributed by atoms with van der Waals surface area (Å²) < 4.78 is 36.6. The Morgan fingerprint density at radius 3 is 2.59 bits per heavy atom. The van der Waals surface area contributed by atoms with Gasteiger partial charge in [-0.05, 0) is 30.7 Å². The molecule has 0 aliphatic rings. The van der Waals surface area contributed by atoms with Gasteiger partial charge in [0.15, 0.2) is 9.84 Å². The molecule has 1 atom stereocenters. The van der Waals surface area contributed by atoms with Crippen molar-refractivity contribution >= 4 is 15.8 Å². The summed E-state index contributed by atoms with van der Waals surface area (Å²) in [6, 6.07) is 3.13. The minimum Gasteiger partial charge on any atom is -0.481 e. The summed E-state index contributed by atoms with van der Waals surface area (Å²) in [5, 5.41) is 6.97. The molecule has 17 heavy (non-hydrogen) atoms. The molecule has 1 aromatic rings. The fourth-order valence-corrected chi connectivity index (χ4v) is 2.83. The summed E-state index contributed by atoms with van der Waals surface area (Å²) in [6.07, 6.45) is -0.695. The number of hydrogen-bond acceptors (Lipinski definition) is 4. The second kappa shape index (κ2) is 4.80. The molecular weight excluding hydrogens is 249 g/mol. The quantitative estimate of drug-likeness (QED) is 0.776. The Kier molecular flexibility index (Phi) is 3.84. The SMILES string of the molecule is Cc1cc(F)ccc1S(=O)(=O)C(N)CC(=O)O. The van der Waals surface area contributed by atoms with Gasteiger partial charge in [-0.25, -0.2) is 12.8 Å². The van der Waals surface area contributed by atoms with Crippen molar-refractivity contribution in [2.45, 2.75) is 23.6 Å². The Morgan fingerprint density at radius 2 is 2.12 bits per heavy atom. The first-order valence-corrected chi connectivity index (χ1v) is 6.27. The number of halogens is 1. The maximum Gasteiger partial charge on any atom is 0.306 e. The van der Waals surface area contributed by atoms with Gasteiger partial charge in [-0.3, -0.25) is 4.79 Å². The molecular formula is C10H12FNO4S. The number of carboxylic acids is 1. The molecule has 0 radical (unpaired) electrons. The fraction of sp³-hybridized carbons (Fsp3) is 0.300. The summed E-state index contributed by atoms with van der Waals surface area (Å²) in [4.78, 5) is 10.3. The normalized spacial score (nSPS) is 13.4. The zero-order valence-corrected chi connectivity index (χ0v) is 9.87. The fourth-order valence-electron chi connectivity index (χ4n) is 1.38. The van der Waals surface area contributed by atoms with Crippen LogP contribution in [-0.2, 0) is 14.6 Å². The first-order valence-electron chi connectivity index (χ1n) is 4.72. The molecule has 0 aliphatic carbocycles. The van der Waals surface area contributed by atoms with Crippen molar-refractivity contribution in [3.05, 3.63) is 29.6 Å². The highest BCUT2D eigenvalue weighted by atomic mass is 32.2. The van der Waals surface area contributed by atoms with E-state index in [1.54, 1.807) is 0 Å². The highest BCUT2D eigenvalue weighted by molar-refractivity contribution is 7.92. The third-order valence-electron chi connectivity index (χ3n) is 2.22. The van der Waals surface area contributed by atoms with Crippen molar-refractivity contribution in [3.8, 4) is 0 Å². The lowest BCUT2D eigenvalue weighted by Gasteiger charge is -2.12. The Hall–Kier alpha value is -1.47. The molecule has 0 saturated heterocycles. The molecule has 0 amide bonds. The maximum absolute atomic E-state index is 12.8. The van der Waals surface area contributed by atoms with E-state index >= 15 is 0 Å². The number of hydrogen-bond donors (Lipinski definition) is 2. The average Bonchev–Trinajstić information content (AvgIpc) is 2.15. The maximum atomic E-state index is 12.8. The molecule has 5 nitrogen and oxygen atoms in total. The van der Waals surface area contributed by atoms with E-state index in [0.717, 1.165) is 18.2 Å². The Bertz CT molecular complexity index is 541. The van der Waals surface area contributed by atoms with Crippen molar-refractivity contribution in [1.29, 1.82) is 0 Å². The van der Waals surface area contributed by atoms with Crippen LogP contribution in [0.5, 0.6) is 0 Å². The Balaban J connectivity index is 3.17. The molecule has 1 unspecified atom stereocenters. The highest BCUT2D eigenvalue weighted by Crippen LogP contribution is 2.20. The van der Waals surface area contributed by atoms with E-state index in [1.807, 2.05) is 0 Å². The van der Waals surface area contributed by atoms with Gasteiger partial charge in [0.05, 0.1) is 11.3 Å². The van der Waals surface area contributed by atoms with Gasteiger partial charge >= 0.3 is 5.97 Å². The second-order valence-electron chi connectivity index (χ2n) is 3.59. The lowest BCUT2D eigenvalue weighted by atomic mass is 10.2. The summed E-state index contributed by atoms with van der Waals surface area (Å²) in [7, 11) is -3.95. The zero-order chi connectivity index (χ0) is 13.2. The van der Waals surface area contributed by atoms with Crippen LogP contribution >= 0.6 is 0 Å². The van der Waals surface area contributed by atoms with E-state index in [9.17, 15) is 17.6 Å². The predicted molar refractivity (Wildman–Crippen MR) is 58.6 cm³/mol. The number of aryl methyl sites for hydroxylation is 1. The number of aliphatic carboxylic acids is 1. The second-order valence-corrected chi connectivity index (χ2v) is 5.73. The standard InChI is InChI=1S/C10H12FNO4S/c1-6-4-7(11)2-3-8(6)17(15,16)9(12)5-10(13)14/h2-4,9H,5,12H2,1H3,(H,13,14). The van der Waals surface area contributed by atoms with Crippen LogP contribution in [0.4, 0.5) is 4.39 Å². The summed E-state index contributed by atoms with van der Waals surface area (Å²) in [5.74, 6) is -1.87.